The van der Waals surface area contributed by atoms with Crippen LogP contribution in [0, 0.1) is 0 Å². The number of nitrogens with zero attached hydrogens (tertiary/aromatic N) is 1. The Morgan fingerprint density at radius 1 is 1.30 bits per heavy atom. The largest absolute Gasteiger partial charge is 0.395 e. The van der Waals surface area contributed by atoms with Crippen molar-refractivity contribution in [2.75, 3.05) is 18.5 Å². The fraction of sp³-hybridized carbons (Fsp3) is 0.167. The number of β-amino-alcohol motifs (C(OH)–C–C–N with tert-alkyl or cyclic N) is 1. The maximum atomic E-state index is 12.0. The molecule has 2 amide bonds. The molecule has 0 saturated heterocycles. The van der Waals surface area contributed by atoms with Crippen LogP contribution in [0.25, 0.3) is 0 Å². The van der Waals surface area contributed by atoms with Crippen LogP contribution in [-0.4, -0.2) is 35.0 Å². The predicted molar refractivity (Wildman–Crippen MR) is 79.7 cm³/mol. The first-order valence-corrected chi connectivity index (χ1v) is 7.09. The number of imide groups is 1. The van der Waals surface area contributed by atoms with Gasteiger partial charge in [-0.05, 0) is 28.1 Å². The number of hydrogen-bond acceptors (Lipinski definition) is 4. The number of halogens is 3. The second-order valence-corrected chi connectivity index (χ2v) is 5.64. The van der Waals surface area contributed by atoms with Gasteiger partial charge < -0.3 is 10.4 Å². The van der Waals surface area contributed by atoms with Crippen molar-refractivity contribution >= 4 is 56.6 Å². The summed E-state index contributed by atoms with van der Waals surface area (Å²) in [4.78, 5) is 24.5. The van der Waals surface area contributed by atoms with Crippen LogP contribution in [0.2, 0.25) is 10.0 Å². The number of carbonyl (C=O) groups is 2. The zero-order chi connectivity index (χ0) is 14.9. The number of aliphatic hydroxyl groups is 1. The van der Waals surface area contributed by atoms with E-state index in [1.807, 2.05) is 0 Å². The summed E-state index contributed by atoms with van der Waals surface area (Å²) in [6.07, 6.45) is 1.16. The predicted octanol–water partition coefficient (Wildman–Crippen LogP) is 2.41. The molecule has 0 aliphatic carbocycles. The highest BCUT2D eigenvalue weighted by Crippen LogP contribution is 2.35. The van der Waals surface area contributed by atoms with Crippen molar-refractivity contribution in [2.24, 2.45) is 0 Å². The lowest BCUT2D eigenvalue weighted by Gasteiger charge is -2.14. The Hall–Kier alpha value is -1.08. The lowest BCUT2D eigenvalue weighted by atomic mass is 10.3. The van der Waals surface area contributed by atoms with Gasteiger partial charge in [0.15, 0.2) is 0 Å². The molecule has 1 aliphatic heterocycles. The summed E-state index contributed by atoms with van der Waals surface area (Å²) in [6.45, 7) is -0.334. The Bertz CT molecular complexity index is 596. The Morgan fingerprint density at radius 2 is 2.00 bits per heavy atom. The summed E-state index contributed by atoms with van der Waals surface area (Å²) in [5.41, 5.74) is 0.530. The first-order valence-electron chi connectivity index (χ1n) is 5.54. The summed E-state index contributed by atoms with van der Waals surface area (Å²) in [7, 11) is 0. The van der Waals surface area contributed by atoms with Gasteiger partial charge in [-0.2, -0.15) is 0 Å². The van der Waals surface area contributed by atoms with Crippen molar-refractivity contribution in [1.29, 1.82) is 0 Å². The molecule has 0 atom stereocenters. The van der Waals surface area contributed by atoms with Crippen molar-refractivity contribution in [3.8, 4) is 0 Å². The molecule has 0 aromatic heterocycles. The first kappa shape index (κ1) is 15.3. The fourth-order valence-corrected chi connectivity index (χ4v) is 3.05. The van der Waals surface area contributed by atoms with E-state index in [4.69, 9.17) is 28.3 Å². The van der Waals surface area contributed by atoms with Crippen molar-refractivity contribution in [2.45, 2.75) is 0 Å². The van der Waals surface area contributed by atoms with Gasteiger partial charge in [0.05, 0.1) is 23.9 Å². The number of rotatable bonds is 4. The lowest BCUT2D eigenvalue weighted by Crippen LogP contribution is -2.34. The Labute approximate surface area is 133 Å². The molecule has 1 heterocycles. The molecule has 0 bridgehead atoms. The minimum Gasteiger partial charge on any atom is -0.395 e. The maximum Gasteiger partial charge on any atom is 0.277 e. The normalized spacial score (nSPS) is 14.8. The van der Waals surface area contributed by atoms with Gasteiger partial charge >= 0.3 is 0 Å². The smallest absolute Gasteiger partial charge is 0.277 e. The van der Waals surface area contributed by atoms with E-state index in [2.05, 4.69) is 21.2 Å². The molecular weight excluding hydrogens is 371 g/mol. The monoisotopic (exact) mass is 378 g/mol. The molecule has 106 valence electrons. The third kappa shape index (κ3) is 2.98. The van der Waals surface area contributed by atoms with Gasteiger partial charge in [-0.25, -0.2) is 0 Å². The molecule has 1 aromatic carbocycles. The van der Waals surface area contributed by atoms with E-state index < -0.39 is 11.8 Å². The molecule has 2 rings (SSSR count). The van der Waals surface area contributed by atoms with E-state index in [0.717, 1.165) is 11.0 Å². The number of aliphatic hydroxyl groups excluding tert-OH is 1. The second-order valence-electron chi connectivity index (χ2n) is 3.95. The van der Waals surface area contributed by atoms with Crippen LogP contribution in [0.15, 0.2) is 28.4 Å². The summed E-state index contributed by atoms with van der Waals surface area (Å²) >= 11 is 15.2. The van der Waals surface area contributed by atoms with Crippen LogP contribution >= 0.6 is 39.1 Å². The number of hydrogen-bond donors (Lipinski definition) is 2. The number of anilines is 1. The molecule has 5 nitrogen and oxygen atoms in total. The summed E-state index contributed by atoms with van der Waals surface area (Å²) < 4.78 is 0.566. The zero-order valence-corrected chi connectivity index (χ0v) is 13.1. The summed E-state index contributed by atoms with van der Waals surface area (Å²) in [6, 6.07) is 3.13. The topological polar surface area (TPSA) is 69.6 Å². The molecular formula is C12H9BrCl2N2O3. The average Bonchev–Trinajstić information content (AvgIpc) is 2.62. The summed E-state index contributed by atoms with van der Waals surface area (Å²) in [5.74, 6) is -0.991. The number of nitrogens with one attached hydrogen (secondary N) is 1. The van der Waals surface area contributed by atoms with E-state index in [-0.39, 0.29) is 18.8 Å². The molecule has 8 heteroatoms. The Kier molecular flexibility index (Phi) is 4.70. The first-order chi connectivity index (χ1) is 9.43. The van der Waals surface area contributed by atoms with E-state index in [0.29, 0.717) is 20.2 Å². The molecule has 0 saturated carbocycles. The summed E-state index contributed by atoms with van der Waals surface area (Å²) in [5, 5.41) is 12.4. The Morgan fingerprint density at radius 3 is 2.60 bits per heavy atom. The highest BCUT2D eigenvalue weighted by atomic mass is 79.9. The van der Waals surface area contributed by atoms with Crippen LogP contribution in [0.5, 0.6) is 0 Å². The molecule has 2 N–H and O–H groups in total. The van der Waals surface area contributed by atoms with Gasteiger partial charge in [-0.15, -0.1) is 0 Å². The van der Waals surface area contributed by atoms with Gasteiger partial charge in [-0.1, -0.05) is 23.2 Å². The van der Waals surface area contributed by atoms with E-state index in [9.17, 15) is 9.59 Å². The van der Waals surface area contributed by atoms with Crippen molar-refractivity contribution in [1.82, 2.24) is 4.90 Å². The van der Waals surface area contributed by atoms with Gasteiger partial charge in [0, 0.05) is 15.6 Å². The quantitative estimate of drug-likeness (QED) is 0.788. The molecule has 1 aliphatic rings. The molecule has 1 aromatic rings. The molecule has 0 radical (unpaired) electrons. The minimum atomic E-state index is -0.512. The molecule has 20 heavy (non-hydrogen) atoms. The SMILES string of the molecule is O=C1C=C(Nc2c(Cl)cc(Cl)cc2Br)C(=O)N1CCO. The van der Waals surface area contributed by atoms with Gasteiger partial charge in [0.25, 0.3) is 11.8 Å². The Balaban J connectivity index is 2.26. The third-order valence-corrected chi connectivity index (χ3v) is 3.74. The van der Waals surface area contributed by atoms with Crippen molar-refractivity contribution < 1.29 is 14.7 Å². The molecule has 0 fully saturated rings. The van der Waals surface area contributed by atoms with Gasteiger partial charge in [0.1, 0.15) is 5.70 Å². The van der Waals surface area contributed by atoms with E-state index in [1.165, 1.54) is 6.07 Å². The highest BCUT2D eigenvalue weighted by molar-refractivity contribution is 9.10. The minimum absolute atomic E-state index is 0.0468. The fourth-order valence-electron chi connectivity index (χ4n) is 1.71. The lowest BCUT2D eigenvalue weighted by molar-refractivity contribution is -0.137. The van der Waals surface area contributed by atoms with Crippen LogP contribution in [0.1, 0.15) is 0 Å². The van der Waals surface area contributed by atoms with Crippen LogP contribution in [0.3, 0.4) is 0 Å². The van der Waals surface area contributed by atoms with Crippen molar-refractivity contribution in [3.05, 3.63) is 38.4 Å². The second kappa shape index (κ2) is 6.13. The van der Waals surface area contributed by atoms with E-state index >= 15 is 0 Å². The molecule has 0 unspecified atom stereocenters. The van der Waals surface area contributed by atoms with Crippen LogP contribution in [0.4, 0.5) is 5.69 Å². The third-order valence-electron chi connectivity index (χ3n) is 2.60. The highest BCUT2D eigenvalue weighted by Gasteiger charge is 2.31. The maximum absolute atomic E-state index is 12.0. The number of amides is 2. The standard InChI is InChI=1S/C12H9BrCl2N2O3/c13-7-3-6(14)4-8(15)11(7)16-9-5-10(19)17(1-2-18)12(9)20/h3-5,16,18H,1-2H2. The molecule has 0 spiro atoms. The van der Waals surface area contributed by atoms with Crippen LogP contribution in [-0.2, 0) is 9.59 Å². The van der Waals surface area contributed by atoms with Crippen molar-refractivity contribution in [3.63, 3.8) is 0 Å². The number of benzene rings is 1. The van der Waals surface area contributed by atoms with E-state index in [1.54, 1.807) is 6.07 Å². The van der Waals surface area contributed by atoms with Gasteiger partial charge in [0.2, 0.25) is 0 Å². The van der Waals surface area contributed by atoms with Crippen LogP contribution < -0.4 is 5.32 Å². The van der Waals surface area contributed by atoms with Gasteiger partial charge in [-0.3, -0.25) is 14.5 Å². The zero-order valence-electron chi connectivity index (χ0n) is 9.99. The number of carbonyl (C=O) groups excluding carboxylic acids is 2. The average molecular weight is 380 g/mol.